The van der Waals surface area contributed by atoms with Gasteiger partial charge in [-0.1, -0.05) is 30.3 Å². The van der Waals surface area contributed by atoms with Gasteiger partial charge in [-0.15, -0.1) is 0 Å². The fraction of sp³-hybridized carbons (Fsp3) is 0.333. The second-order valence-electron chi connectivity index (χ2n) is 7.46. The summed E-state index contributed by atoms with van der Waals surface area (Å²) >= 11 is 0. The lowest BCUT2D eigenvalue weighted by atomic mass is 9.91. The van der Waals surface area contributed by atoms with Crippen molar-refractivity contribution in [1.29, 1.82) is 0 Å². The van der Waals surface area contributed by atoms with Crippen LogP contribution in [-0.2, 0) is 11.8 Å². The van der Waals surface area contributed by atoms with E-state index >= 15 is 0 Å². The van der Waals surface area contributed by atoms with Crippen LogP contribution in [0, 0.1) is 6.92 Å². The third-order valence-electron chi connectivity index (χ3n) is 5.54. The SMILES string of the molecule is Cc1nn(C)c2nc(-c3ccccc3)cc(C(=O)N3CCC(O)(C(=O)O)CC3)c12. The molecule has 0 radical (unpaired) electrons. The molecular formula is C21H22N4O4. The van der Waals surface area contributed by atoms with Gasteiger partial charge in [0, 0.05) is 38.5 Å². The molecule has 150 valence electrons. The first-order valence-electron chi connectivity index (χ1n) is 9.45. The predicted molar refractivity (Wildman–Crippen MR) is 106 cm³/mol. The monoisotopic (exact) mass is 394 g/mol. The predicted octanol–water partition coefficient (Wildman–Crippen LogP) is 2.00. The smallest absolute Gasteiger partial charge is 0.335 e. The number of carboxylic acids is 1. The van der Waals surface area contributed by atoms with Crippen molar-refractivity contribution in [3.05, 3.63) is 47.7 Å². The molecule has 2 N–H and O–H groups in total. The molecule has 2 aromatic heterocycles. The highest BCUT2D eigenvalue weighted by atomic mass is 16.4. The second kappa shape index (κ2) is 6.97. The zero-order valence-corrected chi connectivity index (χ0v) is 16.3. The number of fused-ring (bicyclic) bond motifs is 1. The molecule has 1 aromatic carbocycles. The van der Waals surface area contributed by atoms with Crippen molar-refractivity contribution in [2.45, 2.75) is 25.4 Å². The van der Waals surface area contributed by atoms with Gasteiger partial charge in [0.1, 0.15) is 0 Å². The fourth-order valence-corrected chi connectivity index (χ4v) is 3.83. The number of aliphatic carboxylic acids is 1. The number of carboxylic acid groups (broad SMARTS) is 1. The molecule has 1 saturated heterocycles. The number of nitrogens with zero attached hydrogens (tertiary/aromatic N) is 4. The topological polar surface area (TPSA) is 109 Å². The highest BCUT2D eigenvalue weighted by molar-refractivity contribution is 6.07. The largest absolute Gasteiger partial charge is 0.479 e. The van der Waals surface area contributed by atoms with Crippen LogP contribution in [0.3, 0.4) is 0 Å². The number of likely N-dealkylation sites (tertiary alicyclic amines) is 1. The molecule has 3 heterocycles. The van der Waals surface area contributed by atoms with E-state index in [1.807, 2.05) is 37.3 Å². The lowest BCUT2D eigenvalue weighted by Gasteiger charge is -2.35. The summed E-state index contributed by atoms with van der Waals surface area (Å²) in [5.74, 6) is -1.46. The molecule has 0 bridgehead atoms. The maximum Gasteiger partial charge on any atom is 0.335 e. The molecule has 0 saturated carbocycles. The molecule has 0 aliphatic carbocycles. The molecule has 0 unspecified atom stereocenters. The van der Waals surface area contributed by atoms with Gasteiger partial charge in [-0.05, 0) is 13.0 Å². The molecule has 1 amide bonds. The van der Waals surface area contributed by atoms with Crippen LogP contribution < -0.4 is 0 Å². The van der Waals surface area contributed by atoms with E-state index in [-0.39, 0.29) is 31.8 Å². The summed E-state index contributed by atoms with van der Waals surface area (Å²) in [6.07, 6.45) is -0.000270. The third kappa shape index (κ3) is 3.25. The Morgan fingerprint density at radius 3 is 2.41 bits per heavy atom. The Labute approximate surface area is 167 Å². The van der Waals surface area contributed by atoms with E-state index in [0.29, 0.717) is 28.0 Å². The summed E-state index contributed by atoms with van der Waals surface area (Å²) < 4.78 is 1.66. The first-order chi connectivity index (χ1) is 13.8. The summed E-state index contributed by atoms with van der Waals surface area (Å²) in [6, 6.07) is 11.4. The van der Waals surface area contributed by atoms with E-state index in [0.717, 1.165) is 5.56 Å². The molecule has 1 fully saturated rings. The average molecular weight is 394 g/mol. The fourth-order valence-electron chi connectivity index (χ4n) is 3.83. The number of aryl methyl sites for hydroxylation is 2. The van der Waals surface area contributed by atoms with Gasteiger partial charge in [0.05, 0.1) is 22.3 Å². The number of carbonyl (C=O) groups excluding carboxylic acids is 1. The summed E-state index contributed by atoms with van der Waals surface area (Å²) in [6.45, 7) is 2.18. The Balaban J connectivity index is 1.77. The summed E-state index contributed by atoms with van der Waals surface area (Å²) in [4.78, 5) is 30.9. The van der Waals surface area contributed by atoms with Gasteiger partial charge in [0.15, 0.2) is 11.2 Å². The van der Waals surface area contributed by atoms with E-state index in [1.165, 1.54) is 0 Å². The van der Waals surface area contributed by atoms with Crippen LogP contribution >= 0.6 is 0 Å². The molecular weight excluding hydrogens is 372 g/mol. The zero-order chi connectivity index (χ0) is 20.8. The number of rotatable bonds is 3. The van der Waals surface area contributed by atoms with Gasteiger partial charge < -0.3 is 15.1 Å². The van der Waals surface area contributed by atoms with Crippen LogP contribution in [-0.4, -0.2) is 60.4 Å². The zero-order valence-electron chi connectivity index (χ0n) is 16.3. The normalized spacial score (nSPS) is 16.2. The maximum atomic E-state index is 13.4. The number of carbonyl (C=O) groups is 2. The molecule has 0 atom stereocenters. The van der Waals surface area contributed by atoms with Gasteiger partial charge in [-0.2, -0.15) is 5.10 Å². The number of hydrogen-bond acceptors (Lipinski definition) is 5. The van der Waals surface area contributed by atoms with Crippen molar-refractivity contribution in [3.63, 3.8) is 0 Å². The first kappa shape index (κ1) is 19.1. The van der Waals surface area contributed by atoms with Crippen LogP contribution in [0.1, 0.15) is 28.9 Å². The number of hydrogen-bond donors (Lipinski definition) is 2. The number of aliphatic hydroxyl groups is 1. The highest BCUT2D eigenvalue weighted by Crippen LogP contribution is 2.30. The molecule has 29 heavy (non-hydrogen) atoms. The Hall–Kier alpha value is -3.26. The quantitative estimate of drug-likeness (QED) is 0.703. The van der Waals surface area contributed by atoms with Gasteiger partial charge in [0.25, 0.3) is 5.91 Å². The van der Waals surface area contributed by atoms with Crippen LogP contribution in [0.5, 0.6) is 0 Å². The van der Waals surface area contributed by atoms with Gasteiger partial charge in [-0.3, -0.25) is 9.48 Å². The molecule has 1 aliphatic rings. The number of benzene rings is 1. The van der Waals surface area contributed by atoms with Crippen molar-refractivity contribution >= 4 is 22.9 Å². The minimum atomic E-state index is -1.77. The Morgan fingerprint density at radius 2 is 1.79 bits per heavy atom. The van der Waals surface area contributed by atoms with Crippen LogP contribution in [0.4, 0.5) is 0 Å². The Morgan fingerprint density at radius 1 is 1.14 bits per heavy atom. The van der Waals surface area contributed by atoms with Gasteiger partial charge >= 0.3 is 5.97 Å². The molecule has 8 nitrogen and oxygen atoms in total. The van der Waals surface area contributed by atoms with Gasteiger partial charge in [-0.25, -0.2) is 9.78 Å². The Kier molecular flexibility index (Phi) is 4.58. The van der Waals surface area contributed by atoms with Crippen LogP contribution in [0.2, 0.25) is 0 Å². The van der Waals surface area contributed by atoms with Crippen LogP contribution in [0.15, 0.2) is 36.4 Å². The number of amides is 1. The average Bonchev–Trinajstić information content (AvgIpc) is 3.01. The molecule has 1 aliphatic heterocycles. The van der Waals surface area contributed by atoms with Crippen molar-refractivity contribution in [3.8, 4) is 11.3 Å². The van der Waals surface area contributed by atoms with E-state index in [1.54, 1.807) is 22.7 Å². The van der Waals surface area contributed by atoms with Gasteiger partial charge in [0.2, 0.25) is 0 Å². The van der Waals surface area contributed by atoms with Crippen molar-refractivity contribution < 1.29 is 19.8 Å². The van der Waals surface area contributed by atoms with Crippen molar-refractivity contribution in [2.75, 3.05) is 13.1 Å². The summed E-state index contributed by atoms with van der Waals surface area (Å²) in [5, 5.41) is 24.5. The van der Waals surface area contributed by atoms with Crippen molar-refractivity contribution in [2.24, 2.45) is 7.05 Å². The highest BCUT2D eigenvalue weighted by Gasteiger charge is 2.40. The van der Waals surface area contributed by atoms with E-state index in [2.05, 4.69) is 5.10 Å². The minimum Gasteiger partial charge on any atom is -0.479 e. The summed E-state index contributed by atoms with van der Waals surface area (Å²) in [7, 11) is 1.79. The maximum absolute atomic E-state index is 13.4. The lowest BCUT2D eigenvalue weighted by molar-refractivity contribution is -0.162. The molecule has 8 heteroatoms. The molecule has 3 aromatic rings. The van der Waals surface area contributed by atoms with Crippen molar-refractivity contribution in [1.82, 2.24) is 19.7 Å². The Bertz CT molecular complexity index is 1100. The summed E-state index contributed by atoms with van der Waals surface area (Å²) in [5.41, 5.74) is 1.59. The standard InChI is InChI=1S/C21H22N4O4/c1-13-17-15(19(26)25-10-8-21(29,9-11-25)20(27)28)12-16(14-6-4-3-5-7-14)22-18(17)24(2)23-13/h3-7,12,29H,8-11H2,1-2H3,(H,27,28). The number of aromatic nitrogens is 3. The van der Waals surface area contributed by atoms with E-state index < -0.39 is 11.6 Å². The van der Waals surface area contributed by atoms with E-state index in [4.69, 9.17) is 4.98 Å². The second-order valence-corrected chi connectivity index (χ2v) is 7.46. The molecule has 4 rings (SSSR count). The minimum absolute atomic E-state index is 0.000135. The lowest BCUT2D eigenvalue weighted by Crippen LogP contribution is -2.50. The van der Waals surface area contributed by atoms with Crippen LogP contribution in [0.25, 0.3) is 22.3 Å². The number of piperidine rings is 1. The third-order valence-corrected chi connectivity index (χ3v) is 5.54. The number of pyridine rings is 1. The molecule has 0 spiro atoms. The van der Waals surface area contributed by atoms with E-state index in [9.17, 15) is 19.8 Å². The first-order valence-corrected chi connectivity index (χ1v) is 9.45.